The molecule has 0 bridgehead atoms. The predicted octanol–water partition coefficient (Wildman–Crippen LogP) is 3.12. The van der Waals surface area contributed by atoms with Crippen LogP contribution in [0.15, 0.2) is 111 Å². The van der Waals surface area contributed by atoms with Crippen molar-refractivity contribution in [1.29, 1.82) is 0 Å². The van der Waals surface area contributed by atoms with Crippen molar-refractivity contribution in [2.45, 2.75) is 162 Å². The van der Waals surface area contributed by atoms with Crippen LogP contribution in [0, 0.1) is 0 Å². The van der Waals surface area contributed by atoms with E-state index in [1.54, 1.807) is 95.5 Å². The van der Waals surface area contributed by atoms with Gasteiger partial charge in [-0.15, -0.1) is 0 Å². The van der Waals surface area contributed by atoms with Crippen LogP contribution in [0.3, 0.4) is 0 Å². The normalized spacial score (nSPS) is 10.4. The zero-order valence-electron chi connectivity index (χ0n) is 79.4. The molecule has 0 atom stereocenters. The monoisotopic (exact) mass is 1940 g/mol. The second kappa shape index (κ2) is 75.7. The summed E-state index contributed by atoms with van der Waals surface area (Å²) >= 11 is 0. The Morgan fingerprint density at radius 1 is 0.299 bits per heavy atom. The van der Waals surface area contributed by atoms with Crippen molar-refractivity contribution >= 4 is 118 Å². The Bertz CT molecular complexity index is 4280. The third-order valence-corrected chi connectivity index (χ3v) is 16.1. The Balaban J connectivity index is 0. The average molecular weight is 1940 g/mol. The summed E-state index contributed by atoms with van der Waals surface area (Å²) in [5, 5.41) is 44.6. The largest absolute Gasteiger partial charge is 0.490 e. The highest BCUT2D eigenvalue weighted by Crippen LogP contribution is 2.21. The lowest BCUT2D eigenvalue weighted by Crippen LogP contribution is -2.36. The van der Waals surface area contributed by atoms with Gasteiger partial charge in [0.2, 0.25) is 29.5 Å². The molecule has 0 heterocycles. The number of nitrogens with one attached hydrogen (secondary N) is 6. The molecule has 762 valence electrons. The third kappa shape index (κ3) is 76.4. The molecule has 0 saturated carbocycles. The Kier molecular flexibility index (Phi) is 69.3. The summed E-state index contributed by atoms with van der Waals surface area (Å²) in [6.45, 7) is 23.8. The average Bonchev–Trinajstić information content (AvgIpc) is 0.847. The van der Waals surface area contributed by atoms with Gasteiger partial charge in [-0.05, 0) is 141 Å². The number of esters is 10. The lowest BCUT2D eigenvalue weighted by Gasteiger charge is -2.15. The number of ketones is 5. The first-order valence-corrected chi connectivity index (χ1v) is 43.2. The first-order chi connectivity index (χ1) is 64.7. The number of Topliss-reactive ketones (excluding diaryl/α,β-unsaturated/α-hetero) is 5. The van der Waals surface area contributed by atoms with Crippen LogP contribution in [0.4, 0.5) is 0 Å². The molecule has 0 aliphatic heterocycles. The summed E-state index contributed by atoms with van der Waals surface area (Å²) in [5.74, 6) is -8.35. The maximum absolute atomic E-state index is 12.1. The smallest absolute Gasteiger partial charge is 0.330 e. The zero-order chi connectivity index (χ0) is 103. The molecule has 9 N–H and O–H groups in total. The van der Waals surface area contributed by atoms with Gasteiger partial charge in [0.25, 0.3) is 0 Å². The number of amides is 5. The summed E-state index contributed by atoms with van der Waals surface area (Å²) in [5.41, 5.74) is -2.44. The summed E-state index contributed by atoms with van der Waals surface area (Å²) in [6.07, 6.45) is 4.33. The van der Waals surface area contributed by atoms with Crippen LogP contribution in [0.2, 0.25) is 0 Å². The molecular weight excluding hydrogens is 1810 g/mol. The van der Waals surface area contributed by atoms with E-state index in [9.17, 15) is 111 Å². The number of methoxy groups -OCH3 is 2. The highest BCUT2D eigenvalue weighted by molar-refractivity contribution is 6.02. The molecular formula is C93H132N6O38. The topological polar surface area (TPSA) is 613 Å². The van der Waals surface area contributed by atoms with E-state index in [0.717, 1.165) is 37.5 Å². The zero-order valence-corrected chi connectivity index (χ0v) is 79.4. The molecule has 44 heteroatoms. The molecule has 0 radical (unpaired) electrons. The number of hydrogen-bond acceptors (Lipinski definition) is 39. The van der Waals surface area contributed by atoms with E-state index in [1.807, 2.05) is 0 Å². The van der Waals surface area contributed by atoms with Gasteiger partial charge in [-0.25, -0.2) is 14.4 Å². The molecule has 0 saturated heterocycles. The minimum absolute atomic E-state index is 0.0101. The lowest BCUT2D eigenvalue weighted by atomic mass is 9.97. The minimum Gasteiger partial charge on any atom is -0.490 e. The maximum atomic E-state index is 12.1. The van der Waals surface area contributed by atoms with Crippen LogP contribution >= 0.6 is 0 Å². The van der Waals surface area contributed by atoms with Gasteiger partial charge in [-0.2, -0.15) is 0 Å². The van der Waals surface area contributed by atoms with Gasteiger partial charge in [0.15, 0.2) is 17.3 Å². The molecule has 0 spiro atoms. The van der Waals surface area contributed by atoms with Crippen molar-refractivity contribution in [2.24, 2.45) is 0 Å². The van der Waals surface area contributed by atoms with E-state index in [-0.39, 0.29) is 186 Å². The van der Waals surface area contributed by atoms with Gasteiger partial charge in [-0.1, -0.05) is 26.2 Å². The van der Waals surface area contributed by atoms with Gasteiger partial charge in [0.1, 0.15) is 146 Å². The van der Waals surface area contributed by atoms with E-state index in [4.69, 9.17) is 52.1 Å². The van der Waals surface area contributed by atoms with Crippen LogP contribution in [0.25, 0.3) is 0 Å². The Morgan fingerprint density at radius 2 is 0.584 bits per heavy atom. The highest BCUT2D eigenvalue weighted by Gasteiger charge is 2.26. The SMILES string of the molecule is C=CC(=O)OCCOC(=O)CCCCCOC.C=CC(=O)OCCOC(=O)CCOC.C=CC(=O)OCCOC(=O)CCOC(=O)CC(=O)NCCNC(=O)CC(C)=O.CC(=O)CCNCCNC(=O)CC(=O)OCCOc1ccc(C(=O)CC(C)(C)O)cc1.CC(C)(O)CC(=O)c1ccc(OCCOC(=O)CC(=O)NCCNC(=O)CC(=O)OCCOc2ccc(C(=O)C(C)(C)O)cc2)cc1. The fraction of sp³-hybridized carbons (Fsp3) is 0.527. The van der Waals surface area contributed by atoms with E-state index in [1.165, 1.54) is 46.9 Å². The van der Waals surface area contributed by atoms with Crippen LogP contribution in [-0.4, -0.2) is 309 Å². The number of rotatable bonds is 66. The molecule has 137 heavy (non-hydrogen) atoms. The molecule has 5 amide bonds. The fourth-order valence-corrected chi connectivity index (χ4v) is 9.63. The molecule has 44 nitrogen and oxygen atoms in total. The number of carbonyl (C=O) groups is 20. The van der Waals surface area contributed by atoms with E-state index in [2.05, 4.69) is 70.6 Å². The predicted molar refractivity (Wildman–Crippen MR) is 486 cm³/mol. The summed E-state index contributed by atoms with van der Waals surface area (Å²) in [6, 6.07) is 18.9. The van der Waals surface area contributed by atoms with E-state index >= 15 is 0 Å². The van der Waals surface area contributed by atoms with Crippen LogP contribution in [0.1, 0.15) is 176 Å². The Labute approximate surface area is 794 Å². The van der Waals surface area contributed by atoms with Crippen molar-refractivity contribution in [3.63, 3.8) is 0 Å². The van der Waals surface area contributed by atoms with Gasteiger partial charge >= 0.3 is 59.7 Å². The van der Waals surface area contributed by atoms with Crippen molar-refractivity contribution in [1.82, 2.24) is 31.9 Å². The number of benzene rings is 3. The second-order valence-electron chi connectivity index (χ2n) is 30.3. The van der Waals surface area contributed by atoms with Crippen LogP contribution in [-0.2, 0) is 138 Å². The quantitative estimate of drug-likeness (QED) is 0.00978. The number of carbonyl (C=O) groups excluding carboxylic acids is 20. The van der Waals surface area contributed by atoms with Gasteiger partial charge in [-0.3, -0.25) is 81.5 Å². The molecule has 3 rings (SSSR count). The van der Waals surface area contributed by atoms with Crippen LogP contribution in [0.5, 0.6) is 17.2 Å². The van der Waals surface area contributed by atoms with E-state index < -0.39 is 119 Å². The number of unbranched alkanes of at least 4 members (excludes halogenated alkanes) is 2. The second-order valence-corrected chi connectivity index (χ2v) is 30.3. The fourth-order valence-electron chi connectivity index (χ4n) is 9.63. The lowest BCUT2D eigenvalue weighted by molar-refractivity contribution is -0.154. The molecule has 3 aromatic carbocycles. The van der Waals surface area contributed by atoms with Crippen molar-refractivity contribution < 1.29 is 182 Å². The first-order valence-electron chi connectivity index (χ1n) is 43.2. The molecule has 0 aliphatic rings. The molecule has 0 unspecified atom stereocenters. The third-order valence-electron chi connectivity index (χ3n) is 16.1. The van der Waals surface area contributed by atoms with Gasteiger partial charge < -0.3 is 118 Å². The Morgan fingerprint density at radius 3 is 0.891 bits per heavy atom. The highest BCUT2D eigenvalue weighted by atomic mass is 16.6. The summed E-state index contributed by atoms with van der Waals surface area (Å²) in [7, 11) is 3.15. The molecule has 3 aromatic rings. The number of hydrogen-bond donors (Lipinski definition) is 9. The van der Waals surface area contributed by atoms with Crippen molar-refractivity contribution in [3.05, 3.63) is 127 Å². The molecule has 0 aromatic heterocycles. The Hall–Kier alpha value is -13.6. The minimum atomic E-state index is -1.49. The van der Waals surface area contributed by atoms with Crippen molar-refractivity contribution in [3.8, 4) is 17.2 Å². The number of ether oxygens (including phenoxy) is 15. The van der Waals surface area contributed by atoms with Crippen molar-refractivity contribution in [2.75, 3.05) is 159 Å². The first kappa shape index (κ1) is 125. The van der Waals surface area contributed by atoms with Gasteiger partial charge in [0.05, 0.1) is 37.1 Å². The van der Waals surface area contributed by atoms with Crippen LogP contribution < -0.4 is 46.1 Å². The maximum Gasteiger partial charge on any atom is 0.330 e. The molecule has 0 aliphatic carbocycles. The number of aliphatic hydroxyl groups is 3. The van der Waals surface area contributed by atoms with Gasteiger partial charge in [0, 0.05) is 127 Å². The summed E-state index contributed by atoms with van der Waals surface area (Å²) < 4.78 is 73.6. The standard InChI is InChI=1S/C33H42N2O12.C22H32N2O7.C17H24N2O9.C12H20O5.C9H14O5/c1-32(2,42)21-26(36)22-5-9-24(10-6-22)44-15-17-46-29(39)19-27(37)34-13-14-35-28(38)20-30(40)47-18-16-45-25-11-7-23(8-12-25)31(41)33(3,4)43;1-16(25)8-9-23-10-11-24-20(27)14-21(28)31-13-12-30-18-6-4-17(5-7-18)19(26)15-22(2,3)29;1-3-15(23)27-8-9-28-16(24)4-7-26-17(25)11-14(22)19-6-5-18-13(21)10-12(2)20;1-3-11(13)16-9-10-17-12(14)7-5-4-6-8-15-2;1-3-8(10)13-6-7-14-9(11)4-5-12-2/h5-12,42-43H,13-21H2,1-4H3,(H,34,37)(H,35,38);4-7,23,29H,8-15H2,1-3H3,(H,24,27);3H,1,4-11H2,2H3,(H,18,21)(H,19,22);3H,1,4-10H2,2H3;3H,1,4-7H2,2H3. The van der Waals surface area contributed by atoms with E-state index in [0.29, 0.717) is 79.6 Å². The molecule has 0 fully saturated rings. The summed E-state index contributed by atoms with van der Waals surface area (Å²) in [4.78, 5) is 228.